The summed E-state index contributed by atoms with van der Waals surface area (Å²) in [7, 11) is 0. The molecule has 1 aromatic heterocycles. The van der Waals surface area contributed by atoms with Gasteiger partial charge < -0.3 is 4.90 Å². The van der Waals surface area contributed by atoms with E-state index in [2.05, 4.69) is 10.00 Å². The van der Waals surface area contributed by atoms with Crippen LogP contribution in [0.5, 0.6) is 0 Å². The van der Waals surface area contributed by atoms with E-state index in [-0.39, 0.29) is 5.56 Å². The first kappa shape index (κ1) is 18.4. The van der Waals surface area contributed by atoms with Crippen LogP contribution in [0.15, 0.2) is 47.4 Å². The molecule has 1 saturated heterocycles. The van der Waals surface area contributed by atoms with Crippen molar-refractivity contribution in [3.63, 3.8) is 0 Å². The number of likely N-dealkylation sites (tertiary alicyclic amines) is 1. The van der Waals surface area contributed by atoms with Crippen LogP contribution in [0, 0.1) is 11.8 Å². The van der Waals surface area contributed by atoms with Crippen molar-refractivity contribution in [2.45, 2.75) is 51.5 Å². The van der Waals surface area contributed by atoms with Gasteiger partial charge >= 0.3 is 0 Å². The van der Waals surface area contributed by atoms with Gasteiger partial charge in [-0.25, -0.2) is 4.68 Å². The minimum Gasteiger partial charge on any atom is -0.303 e. The molecule has 0 amide bonds. The molecule has 27 heavy (non-hydrogen) atoms. The standard InChI is InChI=1S/C23H31N3O/c27-23-22(21-9-5-2-6-10-21)11-14-24-26(23)18-20-12-15-25(16-13-20)17-19-7-3-1-4-8-19/h2,5-6,9-11,14,19-20H,1,3-4,7-8,12-13,15-18H2. The van der Waals surface area contributed by atoms with Gasteiger partial charge in [0.15, 0.2) is 0 Å². The van der Waals surface area contributed by atoms with E-state index >= 15 is 0 Å². The van der Waals surface area contributed by atoms with Gasteiger partial charge in [0, 0.05) is 19.3 Å². The van der Waals surface area contributed by atoms with Crippen molar-refractivity contribution in [2.75, 3.05) is 19.6 Å². The van der Waals surface area contributed by atoms with Crippen LogP contribution in [-0.2, 0) is 6.54 Å². The van der Waals surface area contributed by atoms with Crippen LogP contribution in [0.2, 0.25) is 0 Å². The number of hydrogen-bond donors (Lipinski definition) is 0. The summed E-state index contributed by atoms with van der Waals surface area (Å²) in [6, 6.07) is 11.7. The predicted octanol–water partition coefficient (Wildman–Crippen LogP) is 4.20. The molecular formula is C23H31N3O. The average molecular weight is 366 g/mol. The van der Waals surface area contributed by atoms with Crippen molar-refractivity contribution >= 4 is 0 Å². The van der Waals surface area contributed by atoms with Gasteiger partial charge in [0.25, 0.3) is 5.56 Å². The zero-order valence-corrected chi connectivity index (χ0v) is 16.2. The molecule has 0 spiro atoms. The molecule has 1 aromatic carbocycles. The SMILES string of the molecule is O=c1c(-c2ccccc2)ccnn1CC1CCN(CC2CCCCC2)CC1. The maximum Gasteiger partial charge on any atom is 0.274 e. The third kappa shape index (κ3) is 4.67. The van der Waals surface area contributed by atoms with Gasteiger partial charge in [-0.15, -0.1) is 0 Å². The number of benzene rings is 1. The van der Waals surface area contributed by atoms with Crippen LogP contribution in [0.4, 0.5) is 0 Å². The Morgan fingerprint density at radius 3 is 2.30 bits per heavy atom. The number of aromatic nitrogens is 2. The Bertz CT molecular complexity index is 772. The number of rotatable bonds is 5. The van der Waals surface area contributed by atoms with Crippen LogP contribution in [0.25, 0.3) is 11.1 Å². The van der Waals surface area contributed by atoms with Crippen LogP contribution in [0.1, 0.15) is 44.9 Å². The number of nitrogens with zero attached hydrogens (tertiary/aromatic N) is 3. The van der Waals surface area contributed by atoms with Crippen molar-refractivity contribution in [2.24, 2.45) is 11.8 Å². The summed E-state index contributed by atoms with van der Waals surface area (Å²) >= 11 is 0. The Labute approximate surface area is 162 Å². The zero-order valence-electron chi connectivity index (χ0n) is 16.2. The highest BCUT2D eigenvalue weighted by Gasteiger charge is 2.23. The molecule has 0 bridgehead atoms. The predicted molar refractivity (Wildman–Crippen MR) is 110 cm³/mol. The fourth-order valence-electron chi connectivity index (χ4n) is 4.75. The fourth-order valence-corrected chi connectivity index (χ4v) is 4.75. The molecule has 0 N–H and O–H groups in total. The Hall–Kier alpha value is -1.94. The zero-order chi connectivity index (χ0) is 18.5. The quantitative estimate of drug-likeness (QED) is 0.797. The van der Waals surface area contributed by atoms with Gasteiger partial charge in [-0.3, -0.25) is 4.79 Å². The molecule has 1 aliphatic carbocycles. The average Bonchev–Trinajstić information content (AvgIpc) is 2.72. The lowest BCUT2D eigenvalue weighted by molar-refractivity contribution is 0.137. The summed E-state index contributed by atoms with van der Waals surface area (Å²) < 4.78 is 1.68. The van der Waals surface area contributed by atoms with E-state index in [0.717, 1.165) is 23.6 Å². The van der Waals surface area contributed by atoms with E-state index in [4.69, 9.17) is 0 Å². The van der Waals surface area contributed by atoms with Gasteiger partial charge in [-0.05, 0) is 62.2 Å². The minimum atomic E-state index is 0.0355. The van der Waals surface area contributed by atoms with Crippen LogP contribution < -0.4 is 5.56 Å². The molecule has 2 aromatic rings. The molecule has 0 unspecified atom stereocenters. The topological polar surface area (TPSA) is 38.1 Å². The highest BCUT2D eigenvalue weighted by atomic mass is 16.1. The van der Waals surface area contributed by atoms with Gasteiger partial charge in [-0.1, -0.05) is 49.6 Å². The summed E-state index contributed by atoms with van der Waals surface area (Å²) in [6.45, 7) is 4.38. The molecule has 4 rings (SSSR count). The second kappa shape index (κ2) is 8.83. The lowest BCUT2D eigenvalue weighted by atomic mass is 9.88. The second-order valence-corrected chi connectivity index (χ2v) is 8.35. The normalized spacial score (nSPS) is 20.0. The van der Waals surface area contributed by atoms with Gasteiger partial charge in [-0.2, -0.15) is 5.10 Å². The summed E-state index contributed by atoms with van der Waals surface area (Å²) in [5.41, 5.74) is 1.76. The lowest BCUT2D eigenvalue weighted by Gasteiger charge is -2.35. The highest BCUT2D eigenvalue weighted by molar-refractivity contribution is 5.61. The van der Waals surface area contributed by atoms with E-state index < -0.39 is 0 Å². The molecule has 4 nitrogen and oxygen atoms in total. The fraction of sp³-hybridized carbons (Fsp3) is 0.565. The molecule has 0 atom stereocenters. The van der Waals surface area contributed by atoms with Crippen molar-refractivity contribution < 1.29 is 0 Å². The van der Waals surface area contributed by atoms with Crippen molar-refractivity contribution in [3.8, 4) is 11.1 Å². The van der Waals surface area contributed by atoms with Crippen molar-refractivity contribution in [1.29, 1.82) is 0 Å². The first-order valence-corrected chi connectivity index (χ1v) is 10.6. The Balaban J connectivity index is 1.35. The summed E-state index contributed by atoms with van der Waals surface area (Å²) in [4.78, 5) is 15.5. The van der Waals surface area contributed by atoms with Crippen LogP contribution in [-0.4, -0.2) is 34.3 Å². The Morgan fingerprint density at radius 2 is 1.56 bits per heavy atom. The first-order chi connectivity index (χ1) is 13.3. The number of piperidine rings is 1. The van der Waals surface area contributed by atoms with Crippen LogP contribution in [0.3, 0.4) is 0 Å². The van der Waals surface area contributed by atoms with E-state index in [0.29, 0.717) is 5.92 Å². The molecule has 1 saturated carbocycles. The van der Waals surface area contributed by atoms with Crippen molar-refractivity contribution in [3.05, 3.63) is 52.9 Å². The summed E-state index contributed by atoms with van der Waals surface area (Å²) in [5, 5.41) is 4.36. The molecule has 2 fully saturated rings. The van der Waals surface area contributed by atoms with Gasteiger partial charge in [0.1, 0.15) is 0 Å². The van der Waals surface area contributed by atoms with Crippen molar-refractivity contribution in [1.82, 2.24) is 14.7 Å². The van der Waals surface area contributed by atoms with Crippen LogP contribution >= 0.6 is 0 Å². The third-order valence-corrected chi connectivity index (χ3v) is 6.38. The molecule has 1 aliphatic heterocycles. The molecule has 4 heteroatoms. The Kier molecular flexibility index (Phi) is 6.03. The van der Waals surface area contributed by atoms with E-state index in [1.54, 1.807) is 10.9 Å². The summed E-state index contributed by atoms with van der Waals surface area (Å²) in [6.07, 6.45) is 11.2. The maximum atomic E-state index is 12.9. The molecule has 0 radical (unpaired) electrons. The minimum absolute atomic E-state index is 0.0355. The first-order valence-electron chi connectivity index (χ1n) is 10.6. The molecule has 144 valence electrons. The Morgan fingerprint density at radius 1 is 0.852 bits per heavy atom. The van der Waals surface area contributed by atoms with Gasteiger partial charge in [0.05, 0.1) is 5.56 Å². The van der Waals surface area contributed by atoms with E-state index in [1.165, 1.54) is 64.6 Å². The molecule has 2 aliphatic rings. The smallest absolute Gasteiger partial charge is 0.274 e. The third-order valence-electron chi connectivity index (χ3n) is 6.38. The largest absolute Gasteiger partial charge is 0.303 e. The molecule has 2 heterocycles. The highest BCUT2D eigenvalue weighted by Crippen LogP contribution is 2.26. The number of hydrogen-bond acceptors (Lipinski definition) is 3. The monoisotopic (exact) mass is 365 g/mol. The maximum absolute atomic E-state index is 12.9. The van der Waals surface area contributed by atoms with E-state index in [1.807, 2.05) is 36.4 Å². The second-order valence-electron chi connectivity index (χ2n) is 8.35. The lowest BCUT2D eigenvalue weighted by Crippen LogP contribution is -2.39. The van der Waals surface area contributed by atoms with E-state index in [9.17, 15) is 4.79 Å². The summed E-state index contributed by atoms with van der Waals surface area (Å²) in [5.74, 6) is 1.48. The van der Waals surface area contributed by atoms with Gasteiger partial charge in [0.2, 0.25) is 0 Å². The molecular weight excluding hydrogens is 334 g/mol.